The Hall–Kier alpha value is -3.32. The van der Waals surface area contributed by atoms with E-state index in [2.05, 4.69) is 41.1 Å². The van der Waals surface area contributed by atoms with Gasteiger partial charge in [-0.25, -0.2) is 0 Å². The summed E-state index contributed by atoms with van der Waals surface area (Å²) >= 11 is 0. The molecule has 0 aliphatic heterocycles. The average molecular weight is 357 g/mol. The first-order chi connectivity index (χ1) is 13.1. The number of benzene rings is 2. The van der Waals surface area contributed by atoms with Crippen molar-refractivity contribution in [1.82, 2.24) is 4.98 Å². The van der Waals surface area contributed by atoms with Crippen LogP contribution in [0.25, 0.3) is 11.1 Å². The minimum atomic E-state index is -0.342. The van der Waals surface area contributed by atoms with E-state index in [0.717, 1.165) is 42.0 Å². The van der Waals surface area contributed by atoms with Crippen LogP contribution < -0.4 is 10.5 Å². The van der Waals surface area contributed by atoms with Gasteiger partial charge in [-0.15, -0.1) is 0 Å². The molecule has 27 heavy (non-hydrogen) atoms. The first-order valence-electron chi connectivity index (χ1n) is 9.21. The number of nitrogens with zero attached hydrogens (tertiary/aromatic N) is 2. The Morgan fingerprint density at radius 1 is 1.04 bits per heavy atom. The molecule has 4 nitrogen and oxygen atoms in total. The third kappa shape index (κ3) is 4.09. The van der Waals surface area contributed by atoms with E-state index in [1.165, 1.54) is 0 Å². The number of para-hydroxylation sites is 1. The molecule has 0 aliphatic carbocycles. The van der Waals surface area contributed by atoms with Gasteiger partial charge in [-0.05, 0) is 49.2 Å². The second kappa shape index (κ2) is 8.37. The van der Waals surface area contributed by atoms with Gasteiger partial charge in [-0.2, -0.15) is 5.26 Å². The zero-order valence-corrected chi connectivity index (χ0v) is 15.7. The summed E-state index contributed by atoms with van der Waals surface area (Å²) in [6.45, 7) is 4.95. The number of pyridine rings is 1. The van der Waals surface area contributed by atoms with Crippen molar-refractivity contribution in [2.45, 2.75) is 26.7 Å². The Bertz CT molecular complexity index is 999. The number of hydrogen-bond acceptors (Lipinski definition) is 3. The summed E-state index contributed by atoms with van der Waals surface area (Å²) < 4.78 is 0. The van der Waals surface area contributed by atoms with Crippen molar-refractivity contribution in [2.24, 2.45) is 0 Å². The second-order valence-electron chi connectivity index (χ2n) is 6.57. The van der Waals surface area contributed by atoms with Gasteiger partial charge < -0.3 is 9.88 Å². The smallest absolute Gasteiger partial charge is 0.266 e. The van der Waals surface area contributed by atoms with E-state index in [1.807, 2.05) is 49.4 Å². The monoisotopic (exact) mass is 357 g/mol. The second-order valence-corrected chi connectivity index (χ2v) is 6.57. The van der Waals surface area contributed by atoms with Crippen LogP contribution in [0.5, 0.6) is 0 Å². The molecule has 4 heteroatoms. The van der Waals surface area contributed by atoms with Crippen molar-refractivity contribution in [3.05, 3.63) is 82.3 Å². The SMILES string of the molecule is CCCCN(c1ccccc1)c1ccc(-c2cc(C)[nH]c(=O)c2C#N)cc1. The molecule has 0 radical (unpaired) electrons. The minimum Gasteiger partial charge on any atom is -0.341 e. The summed E-state index contributed by atoms with van der Waals surface area (Å²) in [7, 11) is 0. The standard InChI is InChI=1S/C23H23N3O/c1-3-4-14-26(19-8-6-5-7-9-19)20-12-10-18(11-13-20)21-15-17(2)25-23(27)22(21)16-24/h5-13,15H,3-4,14H2,1-2H3,(H,25,27). The summed E-state index contributed by atoms with van der Waals surface area (Å²) in [4.78, 5) is 17.0. The summed E-state index contributed by atoms with van der Waals surface area (Å²) in [6, 6.07) is 22.3. The normalized spacial score (nSPS) is 10.4. The molecule has 0 atom stereocenters. The maximum Gasteiger partial charge on any atom is 0.266 e. The molecule has 136 valence electrons. The van der Waals surface area contributed by atoms with Crippen molar-refractivity contribution in [3.63, 3.8) is 0 Å². The van der Waals surface area contributed by atoms with Crippen molar-refractivity contribution in [2.75, 3.05) is 11.4 Å². The fraction of sp³-hybridized carbons (Fsp3) is 0.217. The van der Waals surface area contributed by atoms with Crippen LogP contribution in [-0.4, -0.2) is 11.5 Å². The molecule has 0 unspecified atom stereocenters. The fourth-order valence-corrected chi connectivity index (χ4v) is 3.18. The zero-order chi connectivity index (χ0) is 19.2. The molecule has 0 aliphatic rings. The van der Waals surface area contributed by atoms with Gasteiger partial charge in [-0.3, -0.25) is 4.79 Å². The molecular weight excluding hydrogens is 334 g/mol. The van der Waals surface area contributed by atoms with E-state index in [0.29, 0.717) is 5.56 Å². The maximum absolute atomic E-state index is 12.1. The summed E-state index contributed by atoms with van der Waals surface area (Å²) in [5.74, 6) is 0. The summed E-state index contributed by atoms with van der Waals surface area (Å²) in [5, 5.41) is 9.36. The molecule has 0 spiro atoms. The number of nitriles is 1. The Kier molecular flexibility index (Phi) is 5.73. The molecule has 0 amide bonds. The highest BCUT2D eigenvalue weighted by atomic mass is 16.1. The van der Waals surface area contributed by atoms with Crippen LogP contribution in [-0.2, 0) is 0 Å². The molecule has 0 fully saturated rings. The number of anilines is 2. The topological polar surface area (TPSA) is 59.9 Å². The number of aromatic nitrogens is 1. The quantitative estimate of drug-likeness (QED) is 0.663. The molecular formula is C23H23N3O. The van der Waals surface area contributed by atoms with Gasteiger partial charge in [-0.1, -0.05) is 43.7 Å². The third-order valence-corrected chi connectivity index (χ3v) is 4.57. The molecule has 1 heterocycles. The molecule has 0 saturated heterocycles. The molecule has 0 bridgehead atoms. The maximum atomic E-state index is 12.1. The van der Waals surface area contributed by atoms with Crippen LogP contribution in [0.1, 0.15) is 31.0 Å². The van der Waals surface area contributed by atoms with Crippen LogP contribution in [0, 0.1) is 18.3 Å². The van der Waals surface area contributed by atoms with Crippen LogP contribution in [0.4, 0.5) is 11.4 Å². The highest BCUT2D eigenvalue weighted by Crippen LogP contribution is 2.29. The lowest BCUT2D eigenvalue weighted by Crippen LogP contribution is -2.18. The molecule has 2 aromatic carbocycles. The van der Waals surface area contributed by atoms with E-state index in [4.69, 9.17) is 0 Å². The van der Waals surface area contributed by atoms with Crippen LogP contribution in [0.15, 0.2) is 65.5 Å². The fourth-order valence-electron chi connectivity index (χ4n) is 3.18. The number of hydrogen-bond donors (Lipinski definition) is 1. The van der Waals surface area contributed by atoms with E-state index in [9.17, 15) is 10.1 Å². The van der Waals surface area contributed by atoms with Gasteiger partial charge >= 0.3 is 0 Å². The Morgan fingerprint density at radius 2 is 1.70 bits per heavy atom. The van der Waals surface area contributed by atoms with Gasteiger partial charge in [0, 0.05) is 29.2 Å². The minimum absolute atomic E-state index is 0.152. The Balaban J connectivity index is 1.99. The van der Waals surface area contributed by atoms with Crippen molar-refractivity contribution < 1.29 is 0 Å². The van der Waals surface area contributed by atoms with E-state index >= 15 is 0 Å². The van der Waals surface area contributed by atoms with Gasteiger partial charge in [0.2, 0.25) is 0 Å². The predicted molar refractivity (Wildman–Crippen MR) is 110 cm³/mol. The number of aromatic amines is 1. The van der Waals surface area contributed by atoms with Gasteiger partial charge in [0.05, 0.1) is 0 Å². The van der Waals surface area contributed by atoms with E-state index < -0.39 is 0 Å². The predicted octanol–water partition coefficient (Wildman–Crippen LogP) is 5.16. The number of rotatable bonds is 6. The third-order valence-electron chi connectivity index (χ3n) is 4.57. The van der Waals surface area contributed by atoms with Crippen LogP contribution in [0.2, 0.25) is 0 Å². The van der Waals surface area contributed by atoms with Crippen molar-refractivity contribution >= 4 is 11.4 Å². The summed E-state index contributed by atoms with van der Waals surface area (Å²) in [5.41, 5.74) is 4.34. The first-order valence-corrected chi connectivity index (χ1v) is 9.21. The largest absolute Gasteiger partial charge is 0.341 e. The number of aryl methyl sites for hydroxylation is 1. The lowest BCUT2D eigenvalue weighted by atomic mass is 10.0. The molecule has 0 saturated carbocycles. The Morgan fingerprint density at radius 3 is 2.33 bits per heavy atom. The Labute approximate surface area is 159 Å². The first kappa shape index (κ1) is 18.5. The van der Waals surface area contributed by atoms with Gasteiger partial charge in [0.1, 0.15) is 11.6 Å². The van der Waals surface area contributed by atoms with Crippen LogP contribution in [0.3, 0.4) is 0 Å². The lowest BCUT2D eigenvalue weighted by molar-refractivity contribution is 0.786. The molecule has 1 N–H and O–H groups in total. The highest BCUT2D eigenvalue weighted by Gasteiger charge is 2.12. The molecule has 3 aromatic rings. The number of H-pyrrole nitrogens is 1. The zero-order valence-electron chi connectivity index (χ0n) is 15.7. The van der Waals surface area contributed by atoms with Crippen molar-refractivity contribution in [1.29, 1.82) is 5.26 Å². The van der Waals surface area contributed by atoms with E-state index in [-0.39, 0.29) is 11.1 Å². The van der Waals surface area contributed by atoms with Gasteiger partial charge in [0.15, 0.2) is 0 Å². The van der Waals surface area contributed by atoms with E-state index in [1.54, 1.807) is 0 Å². The van der Waals surface area contributed by atoms with Gasteiger partial charge in [0.25, 0.3) is 5.56 Å². The molecule has 3 rings (SSSR count). The number of unbranched alkanes of at least 4 members (excludes halogenated alkanes) is 1. The van der Waals surface area contributed by atoms with Crippen LogP contribution >= 0.6 is 0 Å². The molecule has 1 aromatic heterocycles. The van der Waals surface area contributed by atoms with Crippen molar-refractivity contribution in [3.8, 4) is 17.2 Å². The average Bonchev–Trinajstić information content (AvgIpc) is 2.69. The number of nitrogens with one attached hydrogen (secondary N) is 1. The summed E-state index contributed by atoms with van der Waals surface area (Å²) in [6.07, 6.45) is 2.22. The highest BCUT2D eigenvalue weighted by molar-refractivity contribution is 5.73. The lowest BCUT2D eigenvalue weighted by Gasteiger charge is -2.25.